The summed E-state index contributed by atoms with van der Waals surface area (Å²) in [5, 5.41) is 0. The van der Waals surface area contributed by atoms with E-state index in [4.69, 9.17) is 4.98 Å². The maximum absolute atomic E-state index is 14.0. The zero-order chi connectivity index (χ0) is 25.2. The molecule has 6 heteroatoms. The molecule has 3 atom stereocenters. The zero-order valence-corrected chi connectivity index (χ0v) is 21.9. The molecule has 2 bridgehead atoms. The Morgan fingerprint density at radius 1 is 0.703 bits per heavy atom. The number of hydrogen-bond donors (Lipinski definition) is 1. The van der Waals surface area contributed by atoms with Crippen LogP contribution in [0.1, 0.15) is 95.9 Å². The standard InChI is InChI=1S/C31H40N4O2/c36-30-26(16-11-19-32-30)29-31(37)35(28-18-9-8-17-27(28)33-29)25-20-23-14-10-15-24(21-25)34(23)22-12-6-4-2-1-3-5-7-13-22/h8-9,11,16-19,22-25H,1-7,10,12-15,20-21H2,(H,32,36)/t23-,24+,25?. The third-order valence-corrected chi connectivity index (χ3v) is 9.24. The Morgan fingerprint density at radius 2 is 1.35 bits per heavy atom. The van der Waals surface area contributed by atoms with Gasteiger partial charge >= 0.3 is 0 Å². The molecule has 0 amide bonds. The smallest absolute Gasteiger partial charge is 0.278 e. The SMILES string of the molecule is O=c1[nH]cccc1-c1nc2ccccc2n(C2C[C@H]3CCC[C@@H](C2)N3C2CCCCCCCCC2)c1=O. The van der Waals surface area contributed by atoms with Gasteiger partial charge in [-0.25, -0.2) is 4.98 Å². The normalized spacial score (nSPS) is 26.2. The van der Waals surface area contributed by atoms with Gasteiger partial charge < -0.3 is 9.55 Å². The van der Waals surface area contributed by atoms with E-state index in [9.17, 15) is 9.59 Å². The first-order valence-electron chi connectivity index (χ1n) is 14.7. The van der Waals surface area contributed by atoms with Crippen LogP contribution in [0, 0.1) is 0 Å². The Bertz CT molecular complexity index is 1320. The third kappa shape index (κ3) is 4.93. The lowest BCUT2D eigenvalue weighted by molar-refractivity contribution is -0.0239. The van der Waals surface area contributed by atoms with Gasteiger partial charge in [-0.3, -0.25) is 14.5 Å². The van der Waals surface area contributed by atoms with Gasteiger partial charge in [-0.1, -0.05) is 63.5 Å². The third-order valence-electron chi connectivity index (χ3n) is 9.24. The lowest BCUT2D eigenvalue weighted by Gasteiger charge is -2.53. The molecule has 6 nitrogen and oxygen atoms in total. The highest BCUT2D eigenvalue weighted by atomic mass is 16.1. The van der Waals surface area contributed by atoms with E-state index < -0.39 is 0 Å². The van der Waals surface area contributed by atoms with Crippen LogP contribution in [0.25, 0.3) is 22.3 Å². The van der Waals surface area contributed by atoms with Gasteiger partial charge in [-0.15, -0.1) is 0 Å². The number of aromatic amines is 1. The number of piperidine rings is 2. The molecule has 0 spiro atoms. The fourth-order valence-corrected chi connectivity index (χ4v) is 7.58. The van der Waals surface area contributed by atoms with E-state index in [0.29, 0.717) is 23.7 Å². The first-order chi connectivity index (χ1) is 18.2. The minimum Gasteiger partial charge on any atom is -0.329 e. The predicted molar refractivity (Wildman–Crippen MR) is 149 cm³/mol. The molecule has 1 unspecified atom stereocenters. The van der Waals surface area contributed by atoms with Crippen molar-refractivity contribution in [3.8, 4) is 11.3 Å². The number of rotatable bonds is 3. The zero-order valence-electron chi connectivity index (χ0n) is 21.9. The average Bonchev–Trinajstić information content (AvgIpc) is 2.91. The minimum absolute atomic E-state index is 0.132. The molecule has 2 aromatic heterocycles. The van der Waals surface area contributed by atoms with Gasteiger partial charge in [0.1, 0.15) is 5.69 Å². The van der Waals surface area contributed by atoms with Gasteiger partial charge in [0.05, 0.1) is 16.6 Å². The second-order valence-corrected chi connectivity index (χ2v) is 11.6. The highest BCUT2D eigenvalue weighted by Crippen LogP contribution is 2.42. The molecule has 4 heterocycles. The van der Waals surface area contributed by atoms with Gasteiger partial charge in [0.2, 0.25) is 0 Å². The molecule has 1 saturated carbocycles. The minimum atomic E-state index is -0.267. The molecule has 1 N–H and O–H groups in total. The van der Waals surface area contributed by atoms with Crippen molar-refractivity contribution in [2.75, 3.05) is 0 Å². The first kappa shape index (κ1) is 24.6. The van der Waals surface area contributed by atoms with Crippen LogP contribution in [-0.4, -0.2) is 37.6 Å². The monoisotopic (exact) mass is 500 g/mol. The summed E-state index contributed by atoms with van der Waals surface area (Å²) in [5.74, 6) is 0. The number of hydrogen-bond acceptors (Lipinski definition) is 4. The van der Waals surface area contributed by atoms with Crippen LogP contribution in [0.5, 0.6) is 0 Å². The highest BCUT2D eigenvalue weighted by Gasteiger charge is 2.42. The second-order valence-electron chi connectivity index (χ2n) is 11.6. The molecule has 2 aliphatic heterocycles. The van der Waals surface area contributed by atoms with Crippen LogP contribution >= 0.6 is 0 Å². The quantitative estimate of drug-likeness (QED) is 0.465. The summed E-state index contributed by atoms with van der Waals surface area (Å²) >= 11 is 0. The maximum Gasteiger partial charge on any atom is 0.278 e. The fourth-order valence-electron chi connectivity index (χ4n) is 7.58. The van der Waals surface area contributed by atoms with E-state index in [0.717, 1.165) is 23.9 Å². The lowest BCUT2D eigenvalue weighted by Crippen LogP contribution is -2.57. The van der Waals surface area contributed by atoms with Crippen molar-refractivity contribution in [2.24, 2.45) is 0 Å². The maximum atomic E-state index is 14.0. The number of para-hydroxylation sites is 2. The molecule has 6 rings (SSSR count). The van der Waals surface area contributed by atoms with Crippen molar-refractivity contribution >= 4 is 11.0 Å². The van der Waals surface area contributed by atoms with E-state index in [1.54, 1.807) is 18.3 Å². The van der Waals surface area contributed by atoms with Gasteiger partial charge in [0.25, 0.3) is 11.1 Å². The number of benzene rings is 1. The Labute approximate surface area is 219 Å². The van der Waals surface area contributed by atoms with Crippen LogP contribution in [0.2, 0.25) is 0 Å². The summed E-state index contributed by atoms with van der Waals surface area (Å²) in [4.78, 5) is 37.0. The molecular weight excluding hydrogens is 460 g/mol. The summed E-state index contributed by atoms with van der Waals surface area (Å²) < 4.78 is 2.00. The average molecular weight is 501 g/mol. The number of H-pyrrole nitrogens is 1. The molecule has 3 aromatic rings. The van der Waals surface area contributed by atoms with E-state index >= 15 is 0 Å². The lowest BCUT2D eigenvalue weighted by atomic mass is 9.79. The van der Waals surface area contributed by atoms with Crippen molar-refractivity contribution in [3.05, 3.63) is 63.3 Å². The Morgan fingerprint density at radius 3 is 2.05 bits per heavy atom. The van der Waals surface area contributed by atoms with Crippen molar-refractivity contribution in [1.29, 1.82) is 0 Å². The summed E-state index contributed by atoms with van der Waals surface area (Å²) in [6, 6.07) is 13.3. The fraction of sp³-hybridized carbons (Fsp3) is 0.581. The van der Waals surface area contributed by atoms with Crippen molar-refractivity contribution in [2.45, 2.75) is 114 Å². The Kier molecular flexibility index (Phi) is 7.27. The van der Waals surface area contributed by atoms with Crippen LogP contribution in [0.4, 0.5) is 0 Å². The first-order valence-corrected chi connectivity index (χ1v) is 14.7. The Balaban J connectivity index is 1.36. The largest absolute Gasteiger partial charge is 0.329 e. The molecule has 196 valence electrons. The number of aromatic nitrogens is 3. The molecule has 37 heavy (non-hydrogen) atoms. The van der Waals surface area contributed by atoms with Crippen LogP contribution < -0.4 is 11.1 Å². The summed E-state index contributed by atoms with van der Waals surface area (Å²) in [6.07, 6.45) is 19.7. The second kappa shape index (κ2) is 10.9. The van der Waals surface area contributed by atoms with Gasteiger partial charge in [0, 0.05) is 30.4 Å². The summed E-state index contributed by atoms with van der Waals surface area (Å²) in [5.41, 5.74) is 1.88. The molecule has 1 aliphatic carbocycles. The van der Waals surface area contributed by atoms with Gasteiger partial charge in [0.15, 0.2) is 0 Å². The topological polar surface area (TPSA) is 71.0 Å². The highest BCUT2D eigenvalue weighted by molar-refractivity contribution is 5.77. The van der Waals surface area contributed by atoms with Crippen molar-refractivity contribution in [3.63, 3.8) is 0 Å². The van der Waals surface area contributed by atoms with Gasteiger partial charge in [-0.05, 0) is 62.8 Å². The summed E-state index contributed by atoms with van der Waals surface area (Å²) in [6.45, 7) is 0. The van der Waals surface area contributed by atoms with Crippen LogP contribution in [-0.2, 0) is 0 Å². The molecule has 2 saturated heterocycles. The predicted octanol–water partition coefficient (Wildman–Crippen LogP) is 6.20. The molecule has 3 aliphatic rings. The van der Waals surface area contributed by atoms with E-state index in [-0.39, 0.29) is 22.9 Å². The molecular formula is C31H40N4O2. The van der Waals surface area contributed by atoms with E-state index in [1.165, 1.54) is 77.0 Å². The van der Waals surface area contributed by atoms with E-state index in [1.807, 2.05) is 28.8 Å². The number of nitrogens with zero attached hydrogens (tertiary/aromatic N) is 3. The van der Waals surface area contributed by atoms with Crippen molar-refractivity contribution < 1.29 is 0 Å². The molecule has 0 radical (unpaired) electrons. The van der Waals surface area contributed by atoms with Crippen molar-refractivity contribution in [1.82, 2.24) is 19.4 Å². The van der Waals surface area contributed by atoms with Gasteiger partial charge in [-0.2, -0.15) is 0 Å². The number of fused-ring (bicyclic) bond motifs is 3. The number of nitrogens with one attached hydrogen (secondary N) is 1. The van der Waals surface area contributed by atoms with Crippen LogP contribution in [0.15, 0.2) is 52.2 Å². The van der Waals surface area contributed by atoms with Crippen LogP contribution in [0.3, 0.4) is 0 Å². The number of pyridine rings is 1. The Hall–Kier alpha value is -2.73. The van der Waals surface area contributed by atoms with E-state index in [2.05, 4.69) is 9.88 Å². The molecule has 1 aromatic carbocycles. The summed E-state index contributed by atoms with van der Waals surface area (Å²) in [7, 11) is 0. The molecule has 3 fully saturated rings.